The van der Waals surface area contributed by atoms with Gasteiger partial charge in [-0.15, -0.1) is 11.3 Å². The smallest absolute Gasteiger partial charge is 0.258 e. The molecule has 1 heterocycles. The lowest BCUT2D eigenvalue weighted by Crippen LogP contribution is -2.17. The van der Waals surface area contributed by atoms with E-state index in [0.29, 0.717) is 27.7 Å². The molecule has 4 nitrogen and oxygen atoms in total. The molecule has 1 aliphatic carbocycles. The third-order valence-corrected chi connectivity index (χ3v) is 5.25. The van der Waals surface area contributed by atoms with Crippen LogP contribution in [0.15, 0.2) is 24.3 Å². The van der Waals surface area contributed by atoms with Crippen molar-refractivity contribution in [3.63, 3.8) is 0 Å². The van der Waals surface area contributed by atoms with E-state index in [-0.39, 0.29) is 11.8 Å². The molecule has 2 aromatic rings. The molecule has 3 rings (SSSR count). The van der Waals surface area contributed by atoms with Crippen LogP contribution in [0.1, 0.15) is 40.6 Å². The molecule has 120 valence electrons. The second-order valence-corrected chi connectivity index (χ2v) is 6.97. The zero-order chi connectivity index (χ0) is 16.4. The lowest BCUT2D eigenvalue weighted by Gasteiger charge is -2.09. The molecule has 6 heteroatoms. The zero-order valence-electron chi connectivity index (χ0n) is 12.7. The van der Waals surface area contributed by atoms with Gasteiger partial charge in [0.2, 0.25) is 5.91 Å². The summed E-state index contributed by atoms with van der Waals surface area (Å²) < 4.78 is 0. The third kappa shape index (κ3) is 3.41. The molecule has 1 aliphatic rings. The van der Waals surface area contributed by atoms with Crippen LogP contribution < -0.4 is 10.6 Å². The summed E-state index contributed by atoms with van der Waals surface area (Å²) in [5, 5.41) is 6.96. The highest BCUT2D eigenvalue weighted by Gasteiger charge is 2.27. The van der Waals surface area contributed by atoms with Gasteiger partial charge in [0.15, 0.2) is 0 Å². The Bertz CT molecular complexity index is 770. The fourth-order valence-electron chi connectivity index (χ4n) is 2.71. The summed E-state index contributed by atoms with van der Waals surface area (Å²) >= 11 is 7.48. The number of hydrogen-bond donors (Lipinski definition) is 2. The Labute approximate surface area is 143 Å². The normalized spacial score (nSPS) is 12.8. The Morgan fingerprint density at radius 3 is 2.83 bits per heavy atom. The fraction of sp³-hybridized carbons (Fsp3) is 0.294. The number of amides is 2. The van der Waals surface area contributed by atoms with E-state index in [1.165, 1.54) is 16.2 Å². The summed E-state index contributed by atoms with van der Waals surface area (Å²) in [7, 11) is 0. The molecule has 0 aliphatic heterocycles. The van der Waals surface area contributed by atoms with Crippen molar-refractivity contribution in [3.05, 3.63) is 45.3 Å². The average molecular weight is 349 g/mol. The topological polar surface area (TPSA) is 58.2 Å². The van der Waals surface area contributed by atoms with Crippen molar-refractivity contribution in [1.29, 1.82) is 0 Å². The van der Waals surface area contributed by atoms with Gasteiger partial charge in [-0.25, -0.2) is 0 Å². The van der Waals surface area contributed by atoms with Crippen LogP contribution >= 0.6 is 22.9 Å². The Morgan fingerprint density at radius 1 is 1.26 bits per heavy atom. The molecule has 0 spiro atoms. The van der Waals surface area contributed by atoms with Crippen molar-refractivity contribution in [1.82, 2.24) is 0 Å². The molecule has 0 saturated heterocycles. The Morgan fingerprint density at radius 2 is 2.09 bits per heavy atom. The Kier molecular flexibility index (Phi) is 4.68. The van der Waals surface area contributed by atoms with E-state index >= 15 is 0 Å². The van der Waals surface area contributed by atoms with E-state index in [0.717, 1.165) is 24.8 Å². The minimum atomic E-state index is -0.196. The standard InChI is InChI=1S/C17H17ClN2O2S/c1-2-14(21)20-17-15(12-7-4-8-13(12)23-17)16(22)19-11-6-3-5-10(18)9-11/h3,5-6,9H,2,4,7-8H2,1H3,(H,19,22)(H,20,21). The largest absolute Gasteiger partial charge is 0.322 e. The number of benzene rings is 1. The van der Waals surface area contributed by atoms with E-state index in [4.69, 9.17) is 11.6 Å². The van der Waals surface area contributed by atoms with Gasteiger partial charge < -0.3 is 10.6 Å². The molecule has 0 saturated carbocycles. The number of anilines is 2. The van der Waals surface area contributed by atoms with Crippen molar-refractivity contribution in [2.45, 2.75) is 32.6 Å². The average Bonchev–Trinajstić information content (AvgIpc) is 3.07. The van der Waals surface area contributed by atoms with Crippen LogP contribution in [0.2, 0.25) is 5.02 Å². The third-order valence-electron chi connectivity index (χ3n) is 3.80. The van der Waals surface area contributed by atoms with Crippen molar-refractivity contribution < 1.29 is 9.59 Å². The van der Waals surface area contributed by atoms with Gasteiger partial charge in [0.05, 0.1) is 5.56 Å². The molecular formula is C17H17ClN2O2S. The van der Waals surface area contributed by atoms with Crippen LogP contribution in [0.25, 0.3) is 0 Å². The van der Waals surface area contributed by atoms with E-state index in [1.807, 2.05) is 0 Å². The number of carbonyl (C=O) groups excluding carboxylic acids is 2. The summed E-state index contributed by atoms with van der Waals surface area (Å²) in [5.74, 6) is -0.278. The predicted octanol–water partition coefficient (Wildman–Crippen LogP) is 4.49. The van der Waals surface area contributed by atoms with Crippen LogP contribution in [0.4, 0.5) is 10.7 Å². The molecule has 0 bridgehead atoms. The van der Waals surface area contributed by atoms with Gasteiger partial charge in [0.1, 0.15) is 5.00 Å². The first-order valence-electron chi connectivity index (χ1n) is 7.59. The van der Waals surface area contributed by atoms with Gasteiger partial charge in [-0.1, -0.05) is 24.6 Å². The van der Waals surface area contributed by atoms with Crippen molar-refractivity contribution in [2.24, 2.45) is 0 Å². The Hall–Kier alpha value is -1.85. The van der Waals surface area contributed by atoms with Crippen molar-refractivity contribution >= 4 is 45.4 Å². The lowest BCUT2D eigenvalue weighted by molar-refractivity contribution is -0.115. The molecule has 0 radical (unpaired) electrons. The molecule has 2 N–H and O–H groups in total. The van der Waals surface area contributed by atoms with Crippen LogP contribution in [-0.4, -0.2) is 11.8 Å². The molecule has 0 unspecified atom stereocenters. The van der Waals surface area contributed by atoms with E-state index in [9.17, 15) is 9.59 Å². The maximum atomic E-state index is 12.7. The number of halogens is 1. The first-order chi connectivity index (χ1) is 11.1. The number of carbonyl (C=O) groups is 2. The minimum Gasteiger partial charge on any atom is -0.322 e. The summed E-state index contributed by atoms with van der Waals surface area (Å²) in [6.07, 6.45) is 3.30. The summed E-state index contributed by atoms with van der Waals surface area (Å²) in [6, 6.07) is 7.04. The zero-order valence-corrected chi connectivity index (χ0v) is 14.3. The van der Waals surface area contributed by atoms with Gasteiger partial charge in [-0.05, 0) is 43.0 Å². The molecule has 0 atom stereocenters. The van der Waals surface area contributed by atoms with Gasteiger partial charge in [-0.3, -0.25) is 9.59 Å². The first kappa shape index (κ1) is 16.0. The number of aryl methyl sites for hydroxylation is 1. The summed E-state index contributed by atoms with van der Waals surface area (Å²) in [5.41, 5.74) is 2.32. The van der Waals surface area contributed by atoms with Crippen LogP contribution in [0.3, 0.4) is 0 Å². The highest BCUT2D eigenvalue weighted by Crippen LogP contribution is 2.39. The first-order valence-corrected chi connectivity index (χ1v) is 8.79. The summed E-state index contributed by atoms with van der Waals surface area (Å²) in [4.78, 5) is 25.7. The summed E-state index contributed by atoms with van der Waals surface area (Å²) in [6.45, 7) is 1.79. The fourth-order valence-corrected chi connectivity index (χ4v) is 4.20. The second-order valence-electron chi connectivity index (χ2n) is 5.43. The molecular weight excluding hydrogens is 332 g/mol. The predicted molar refractivity (Wildman–Crippen MR) is 94.7 cm³/mol. The maximum Gasteiger partial charge on any atom is 0.258 e. The molecule has 1 aromatic heterocycles. The quantitative estimate of drug-likeness (QED) is 0.855. The monoisotopic (exact) mass is 348 g/mol. The van der Waals surface area contributed by atoms with Crippen molar-refractivity contribution in [2.75, 3.05) is 10.6 Å². The van der Waals surface area contributed by atoms with E-state index in [1.54, 1.807) is 31.2 Å². The number of thiophene rings is 1. The second kappa shape index (κ2) is 6.72. The lowest BCUT2D eigenvalue weighted by atomic mass is 10.1. The van der Waals surface area contributed by atoms with Crippen LogP contribution in [0, 0.1) is 0 Å². The SMILES string of the molecule is CCC(=O)Nc1sc2c(c1C(=O)Nc1cccc(Cl)c1)CCC2. The van der Waals surface area contributed by atoms with Crippen molar-refractivity contribution in [3.8, 4) is 0 Å². The molecule has 23 heavy (non-hydrogen) atoms. The molecule has 1 aromatic carbocycles. The number of rotatable bonds is 4. The number of fused-ring (bicyclic) bond motifs is 1. The van der Waals surface area contributed by atoms with E-state index in [2.05, 4.69) is 10.6 Å². The number of nitrogens with one attached hydrogen (secondary N) is 2. The molecule has 0 fully saturated rings. The van der Waals surface area contributed by atoms with Crippen LogP contribution in [-0.2, 0) is 17.6 Å². The number of hydrogen-bond acceptors (Lipinski definition) is 3. The Balaban J connectivity index is 1.91. The van der Waals surface area contributed by atoms with E-state index < -0.39 is 0 Å². The highest BCUT2D eigenvalue weighted by molar-refractivity contribution is 7.17. The highest BCUT2D eigenvalue weighted by atomic mass is 35.5. The minimum absolute atomic E-state index is 0.0817. The van der Waals surface area contributed by atoms with Gasteiger partial charge >= 0.3 is 0 Å². The van der Waals surface area contributed by atoms with Gasteiger partial charge in [0, 0.05) is 22.0 Å². The van der Waals surface area contributed by atoms with Gasteiger partial charge in [-0.2, -0.15) is 0 Å². The van der Waals surface area contributed by atoms with Gasteiger partial charge in [0.25, 0.3) is 5.91 Å². The van der Waals surface area contributed by atoms with Crippen LogP contribution in [0.5, 0.6) is 0 Å². The molecule has 2 amide bonds. The maximum absolute atomic E-state index is 12.7.